The molecule has 1 heterocycles. The van der Waals surface area contributed by atoms with Gasteiger partial charge in [0.15, 0.2) is 5.78 Å². The summed E-state index contributed by atoms with van der Waals surface area (Å²) in [5.41, 5.74) is -0.818. The number of hydrogen-bond acceptors (Lipinski definition) is 4. The van der Waals surface area contributed by atoms with E-state index in [9.17, 15) is 14.4 Å². The second-order valence-electron chi connectivity index (χ2n) is 5.48. The van der Waals surface area contributed by atoms with E-state index in [1.807, 2.05) is 0 Å². The average Bonchev–Trinajstić information content (AvgIpc) is 2.86. The number of benzene rings is 1. The van der Waals surface area contributed by atoms with Crippen molar-refractivity contribution in [2.45, 2.75) is 31.3 Å². The fraction of sp³-hybridized carbons (Fsp3) is 0.400. The summed E-state index contributed by atoms with van der Waals surface area (Å²) in [6.45, 7) is 0. The second-order valence-corrected chi connectivity index (χ2v) is 5.92. The van der Waals surface area contributed by atoms with Crippen LogP contribution in [-0.4, -0.2) is 28.2 Å². The van der Waals surface area contributed by atoms with Crippen LogP contribution in [0, 0.1) is 5.92 Å². The molecule has 6 heteroatoms. The third-order valence-corrected chi connectivity index (χ3v) is 4.47. The molecule has 5 nitrogen and oxygen atoms in total. The highest BCUT2D eigenvalue weighted by Gasteiger charge is 2.55. The molecule has 0 bridgehead atoms. The van der Waals surface area contributed by atoms with E-state index in [2.05, 4.69) is 0 Å². The SMILES string of the molecule is O=C(O)C(=O)C1C(=O)c2ccc(Cl)cc2OC12CCCC2. The smallest absolute Gasteiger partial charge is 0.373 e. The summed E-state index contributed by atoms with van der Waals surface area (Å²) >= 11 is 5.92. The van der Waals surface area contributed by atoms with Crippen LogP contribution < -0.4 is 4.74 Å². The van der Waals surface area contributed by atoms with Crippen LogP contribution in [0.3, 0.4) is 0 Å². The van der Waals surface area contributed by atoms with Crippen LogP contribution in [0.25, 0.3) is 0 Å². The van der Waals surface area contributed by atoms with Gasteiger partial charge in [0.05, 0.1) is 5.56 Å². The van der Waals surface area contributed by atoms with Gasteiger partial charge in [-0.05, 0) is 43.9 Å². The summed E-state index contributed by atoms with van der Waals surface area (Å²) < 4.78 is 5.93. The van der Waals surface area contributed by atoms with Crippen molar-refractivity contribution in [3.8, 4) is 5.75 Å². The van der Waals surface area contributed by atoms with Crippen molar-refractivity contribution >= 4 is 29.1 Å². The third-order valence-electron chi connectivity index (χ3n) is 4.23. The first kappa shape index (κ1) is 14.1. The van der Waals surface area contributed by atoms with Crippen molar-refractivity contribution in [1.29, 1.82) is 0 Å². The lowest BCUT2D eigenvalue weighted by molar-refractivity contribution is -0.153. The van der Waals surface area contributed by atoms with Gasteiger partial charge >= 0.3 is 5.97 Å². The number of halogens is 1. The molecular formula is C15H13ClO5. The van der Waals surface area contributed by atoms with Gasteiger partial charge in [-0.3, -0.25) is 9.59 Å². The fourth-order valence-corrected chi connectivity index (χ4v) is 3.46. The predicted molar refractivity (Wildman–Crippen MR) is 73.7 cm³/mol. The molecule has 1 N–H and O–H groups in total. The quantitative estimate of drug-likeness (QED) is 0.670. The number of rotatable bonds is 2. The van der Waals surface area contributed by atoms with Crippen molar-refractivity contribution in [1.82, 2.24) is 0 Å². The summed E-state index contributed by atoms with van der Waals surface area (Å²) in [7, 11) is 0. The van der Waals surface area contributed by atoms with E-state index in [0.717, 1.165) is 12.8 Å². The molecule has 1 aliphatic heterocycles. The molecule has 1 unspecified atom stereocenters. The van der Waals surface area contributed by atoms with E-state index in [4.69, 9.17) is 21.4 Å². The lowest BCUT2D eigenvalue weighted by Crippen LogP contribution is -2.53. The van der Waals surface area contributed by atoms with Gasteiger partial charge in [-0.25, -0.2) is 4.79 Å². The summed E-state index contributed by atoms with van der Waals surface area (Å²) in [6, 6.07) is 4.54. The van der Waals surface area contributed by atoms with Crippen LogP contribution in [0.5, 0.6) is 5.75 Å². The van der Waals surface area contributed by atoms with Gasteiger partial charge in [-0.15, -0.1) is 0 Å². The molecule has 3 rings (SSSR count). The number of ether oxygens (including phenoxy) is 1. The molecule has 0 radical (unpaired) electrons. The second kappa shape index (κ2) is 4.84. The largest absolute Gasteiger partial charge is 0.485 e. The van der Waals surface area contributed by atoms with Gasteiger partial charge in [0.25, 0.3) is 5.78 Å². The summed E-state index contributed by atoms with van der Waals surface area (Å²) in [5.74, 6) is -4.11. The molecule has 21 heavy (non-hydrogen) atoms. The van der Waals surface area contributed by atoms with Crippen LogP contribution in [-0.2, 0) is 9.59 Å². The third kappa shape index (κ3) is 2.12. The lowest BCUT2D eigenvalue weighted by Gasteiger charge is -2.39. The predicted octanol–water partition coefficient (Wildman–Crippen LogP) is 2.50. The van der Waals surface area contributed by atoms with Crippen molar-refractivity contribution in [2.24, 2.45) is 5.92 Å². The molecule has 0 amide bonds. The highest BCUT2D eigenvalue weighted by molar-refractivity contribution is 6.39. The van der Waals surface area contributed by atoms with Crippen molar-refractivity contribution in [2.75, 3.05) is 0 Å². The number of fused-ring (bicyclic) bond motifs is 1. The Kier molecular flexibility index (Phi) is 3.24. The Bertz CT molecular complexity index is 645. The average molecular weight is 309 g/mol. The number of ketones is 2. The first-order chi connectivity index (χ1) is 9.94. The number of carbonyl (C=O) groups excluding carboxylic acids is 2. The van der Waals surface area contributed by atoms with E-state index in [1.165, 1.54) is 18.2 Å². The Morgan fingerprint density at radius 3 is 2.57 bits per heavy atom. The summed E-state index contributed by atoms with van der Waals surface area (Å²) in [4.78, 5) is 35.7. The molecule has 1 spiro atoms. The maximum absolute atomic E-state index is 12.6. The zero-order valence-electron chi connectivity index (χ0n) is 11.1. The minimum Gasteiger partial charge on any atom is -0.485 e. The van der Waals surface area contributed by atoms with Gasteiger partial charge in [-0.1, -0.05) is 11.6 Å². The Balaban J connectivity index is 2.13. The van der Waals surface area contributed by atoms with Crippen LogP contribution in [0.4, 0.5) is 0 Å². The molecule has 1 saturated carbocycles. The lowest BCUT2D eigenvalue weighted by atomic mass is 9.75. The molecule has 0 aromatic heterocycles. The minimum absolute atomic E-state index is 0.219. The van der Waals surface area contributed by atoms with Crippen LogP contribution in [0.2, 0.25) is 5.02 Å². The van der Waals surface area contributed by atoms with Crippen molar-refractivity contribution < 1.29 is 24.2 Å². The van der Waals surface area contributed by atoms with E-state index in [1.54, 1.807) is 0 Å². The Hall–Kier alpha value is -1.88. The van der Waals surface area contributed by atoms with E-state index in [-0.39, 0.29) is 5.56 Å². The van der Waals surface area contributed by atoms with Gasteiger partial charge in [0.1, 0.15) is 17.3 Å². The number of Topliss-reactive ketones (excluding diaryl/α,β-unsaturated/α-hetero) is 2. The Labute approximate surface area is 125 Å². The van der Waals surface area contributed by atoms with Crippen molar-refractivity contribution in [3.05, 3.63) is 28.8 Å². The van der Waals surface area contributed by atoms with E-state index >= 15 is 0 Å². The highest BCUT2D eigenvalue weighted by atomic mass is 35.5. The number of hydrogen-bond donors (Lipinski definition) is 1. The number of carboxylic acid groups (broad SMARTS) is 1. The molecule has 1 aromatic rings. The van der Waals surface area contributed by atoms with E-state index < -0.39 is 29.1 Å². The fourth-order valence-electron chi connectivity index (χ4n) is 3.30. The highest BCUT2D eigenvalue weighted by Crippen LogP contribution is 2.47. The topological polar surface area (TPSA) is 80.7 Å². The molecule has 1 aliphatic carbocycles. The number of aliphatic carboxylic acids is 1. The molecule has 1 fully saturated rings. The van der Waals surface area contributed by atoms with E-state index in [0.29, 0.717) is 23.6 Å². The van der Waals surface area contributed by atoms with Gasteiger partial charge < -0.3 is 9.84 Å². The van der Waals surface area contributed by atoms with Gasteiger partial charge in [-0.2, -0.15) is 0 Å². The Morgan fingerprint density at radius 1 is 1.29 bits per heavy atom. The molecule has 0 saturated heterocycles. The van der Waals surface area contributed by atoms with Gasteiger partial charge in [0, 0.05) is 5.02 Å². The van der Waals surface area contributed by atoms with Crippen molar-refractivity contribution in [3.63, 3.8) is 0 Å². The molecular weight excluding hydrogens is 296 g/mol. The maximum Gasteiger partial charge on any atom is 0.373 e. The maximum atomic E-state index is 12.6. The zero-order chi connectivity index (χ0) is 15.2. The molecule has 110 valence electrons. The summed E-state index contributed by atoms with van der Waals surface area (Å²) in [6.07, 6.45) is 2.59. The van der Waals surface area contributed by atoms with Gasteiger partial charge in [0.2, 0.25) is 0 Å². The number of carboxylic acids is 1. The van der Waals surface area contributed by atoms with Crippen LogP contribution in [0.15, 0.2) is 18.2 Å². The normalized spacial score (nSPS) is 22.7. The molecule has 1 atom stereocenters. The first-order valence-electron chi connectivity index (χ1n) is 6.74. The van der Waals surface area contributed by atoms with Crippen LogP contribution >= 0.6 is 11.6 Å². The standard InChI is InChI=1S/C15H13ClO5/c16-8-3-4-9-10(7-8)21-15(5-1-2-6-15)11(12(9)17)13(18)14(19)20/h3-4,7,11H,1-2,5-6H2,(H,19,20). The molecule has 1 aromatic carbocycles. The minimum atomic E-state index is -1.60. The van der Waals surface area contributed by atoms with Crippen LogP contribution in [0.1, 0.15) is 36.0 Å². The Morgan fingerprint density at radius 2 is 1.95 bits per heavy atom. The molecule has 2 aliphatic rings. The number of carbonyl (C=O) groups is 3. The first-order valence-corrected chi connectivity index (χ1v) is 7.12. The zero-order valence-corrected chi connectivity index (χ0v) is 11.9. The monoisotopic (exact) mass is 308 g/mol. The summed E-state index contributed by atoms with van der Waals surface area (Å²) in [5, 5.41) is 9.44.